The van der Waals surface area contributed by atoms with Crippen LogP contribution >= 0.6 is 0 Å². The highest BCUT2D eigenvalue weighted by molar-refractivity contribution is 5.95. The molecule has 1 amide bonds. The number of unbranched alkanes of at least 4 members (excludes halogenated alkanes) is 1. The number of carbonyl (C=O) groups is 1. The summed E-state index contributed by atoms with van der Waals surface area (Å²) in [6.45, 7) is 4.24. The molecule has 27 heavy (non-hydrogen) atoms. The number of benzene rings is 1. The minimum atomic E-state index is -0.702. The molecule has 0 atom stereocenters. The third kappa shape index (κ3) is 4.64. The molecule has 0 fully saturated rings. The highest BCUT2D eigenvalue weighted by atomic mass is 19.1. The number of amides is 1. The minimum absolute atomic E-state index is 0.0156. The van der Waals surface area contributed by atoms with E-state index in [0.29, 0.717) is 18.5 Å². The molecule has 2 rings (SSSR count). The van der Waals surface area contributed by atoms with E-state index < -0.39 is 11.2 Å². The SMILES string of the molecule is CCCCn1c(N)c(N(CC)C(=O)CCc2ccccc2F)c(=O)[nH]c1=O. The van der Waals surface area contributed by atoms with Gasteiger partial charge >= 0.3 is 5.69 Å². The van der Waals surface area contributed by atoms with Crippen molar-refractivity contribution in [1.82, 2.24) is 9.55 Å². The van der Waals surface area contributed by atoms with E-state index in [0.717, 1.165) is 6.42 Å². The Morgan fingerprint density at radius 1 is 1.26 bits per heavy atom. The lowest BCUT2D eigenvalue weighted by Crippen LogP contribution is -2.41. The highest BCUT2D eigenvalue weighted by Crippen LogP contribution is 2.19. The largest absolute Gasteiger partial charge is 0.383 e. The van der Waals surface area contributed by atoms with Gasteiger partial charge in [0.15, 0.2) is 5.69 Å². The molecule has 0 spiro atoms. The van der Waals surface area contributed by atoms with E-state index in [2.05, 4.69) is 4.98 Å². The van der Waals surface area contributed by atoms with Crippen LogP contribution in [0, 0.1) is 5.82 Å². The number of nitrogen functional groups attached to an aromatic ring is 1. The molecule has 1 heterocycles. The molecule has 0 aliphatic carbocycles. The maximum absolute atomic E-state index is 13.8. The van der Waals surface area contributed by atoms with Crippen molar-refractivity contribution in [3.63, 3.8) is 0 Å². The number of hydrogen-bond acceptors (Lipinski definition) is 4. The summed E-state index contributed by atoms with van der Waals surface area (Å²) in [6.07, 6.45) is 1.78. The van der Waals surface area contributed by atoms with Crippen molar-refractivity contribution in [1.29, 1.82) is 0 Å². The van der Waals surface area contributed by atoms with Crippen LogP contribution in [-0.4, -0.2) is 22.0 Å². The zero-order valence-corrected chi connectivity index (χ0v) is 15.6. The molecular weight excluding hydrogens is 351 g/mol. The van der Waals surface area contributed by atoms with Gasteiger partial charge in [-0.1, -0.05) is 31.5 Å². The average molecular weight is 376 g/mol. The summed E-state index contributed by atoms with van der Waals surface area (Å²) >= 11 is 0. The lowest BCUT2D eigenvalue weighted by Gasteiger charge is -2.23. The van der Waals surface area contributed by atoms with Crippen molar-refractivity contribution in [3.05, 3.63) is 56.5 Å². The van der Waals surface area contributed by atoms with Gasteiger partial charge in [0.25, 0.3) is 5.56 Å². The molecule has 0 unspecified atom stereocenters. The van der Waals surface area contributed by atoms with Crippen LogP contribution in [-0.2, 0) is 17.8 Å². The van der Waals surface area contributed by atoms with Gasteiger partial charge in [0, 0.05) is 19.5 Å². The molecule has 2 aromatic rings. The number of aryl methyl sites for hydroxylation is 1. The second kappa shape index (κ2) is 9.16. The van der Waals surface area contributed by atoms with E-state index in [4.69, 9.17) is 5.73 Å². The van der Waals surface area contributed by atoms with E-state index >= 15 is 0 Å². The second-order valence-corrected chi connectivity index (χ2v) is 6.23. The van der Waals surface area contributed by atoms with Gasteiger partial charge in [-0.05, 0) is 31.4 Å². The maximum atomic E-state index is 13.8. The summed E-state index contributed by atoms with van der Waals surface area (Å²) in [4.78, 5) is 40.5. The van der Waals surface area contributed by atoms with Crippen LogP contribution < -0.4 is 21.9 Å². The fourth-order valence-electron chi connectivity index (χ4n) is 2.91. The Balaban J connectivity index is 2.30. The van der Waals surface area contributed by atoms with Gasteiger partial charge in [0.1, 0.15) is 11.6 Å². The quantitative estimate of drug-likeness (QED) is 0.736. The number of H-pyrrole nitrogens is 1. The lowest BCUT2D eigenvalue weighted by molar-refractivity contribution is -0.118. The molecule has 8 heteroatoms. The Labute approximate surface area is 156 Å². The molecule has 0 aliphatic rings. The number of halogens is 1. The number of nitrogens with two attached hydrogens (primary N) is 1. The van der Waals surface area contributed by atoms with Gasteiger partial charge in [-0.3, -0.25) is 19.1 Å². The van der Waals surface area contributed by atoms with Gasteiger partial charge in [-0.25, -0.2) is 9.18 Å². The van der Waals surface area contributed by atoms with Crippen LogP contribution in [0.5, 0.6) is 0 Å². The smallest absolute Gasteiger partial charge is 0.330 e. The molecule has 0 radical (unpaired) electrons. The van der Waals surface area contributed by atoms with Gasteiger partial charge in [0.05, 0.1) is 0 Å². The third-order valence-corrected chi connectivity index (χ3v) is 4.40. The Morgan fingerprint density at radius 3 is 2.59 bits per heavy atom. The summed E-state index contributed by atoms with van der Waals surface area (Å²) in [5.74, 6) is -0.768. The molecular formula is C19H25FN4O3. The van der Waals surface area contributed by atoms with E-state index in [1.165, 1.54) is 15.5 Å². The van der Waals surface area contributed by atoms with Crippen LogP contribution in [0.2, 0.25) is 0 Å². The molecule has 0 saturated carbocycles. The average Bonchev–Trinajstić information content (AvgIpc) is 2.64. The molecule has 146 valence electrons. The van der Waals surface area contributed by atoms with Crippen molar-refractivity contribution in [2.75, 3.05) is 17.2 Å². The number of anilines is 2. The zero-order chi connectivity index (χ0) is 20.0. The molecule has 1 aromatic carbocycles. The number of aromatic nitrogens is 2. The Bertz CT molecular complexity index is 920. The summed E-state index contributed by atoms with van der Waals surface area (Å²) in [5.41, 5.74) is 5.16. The fourth-order valence-corrected chi connectivity index (χ4v) is 2.91. The van der Waals surface area contributed by atoms with Gasteiger partial charge in [0.2, 0.25) is 5.91 Å². The third-order valence-electron chi connectivity index (χ3n) is 4.40. The summed E-state index contributed by atoms with van der Waals surface area (Å²) in [7, 11) is 0. The monoisotopic (exact) mass is 376 g/mol. The van der Waals surface area contributed by atoms with Crippen molar-refractivity contribution in [2.24, 2.45) is 0 Å². The first-order valence-corrected chi connectivity index (χ1v) is 9.07. The first-order chi connectivity index (χ1) is 12.9. The predicted molar refractivity (Wildman–Crippen MR) is 103 cm³/mol. The van der Waals surface area contributed by atoms with Crippen molar-refractivity contribution >= 4 is 17.4 Å². The fraction of sp³-hybridized carbons (Fsp3) is 0.421. The Morgan fingerprint density at radius 2 is 1.96 bits per heavy atom. The normalized spacial score (nSPS) is 10.8. The Hall–Kier alpha value is -2.90. The topological polar surface area (TPSA) is 101 Å². The highest BCUT2D eigenvalue weighted by Gasteiger charge is 2.22. The van der Waals surface area contributed by atoms with Gasteiger partial charge in [-0.2, -0.15) is 0 Å². The standard InChI is InChI=1S/C19H25FN4O3/c1-3-5-12-24-17(21)16(18(26)22-19(24)27)23(4-2)15(25)11-10-13-8-6-7-9-14(13)20/h6-9H,3-5,10-12,21H2,1-2H3,(H,22,26,27). The number of nitrogens with zero attached hydrogens (tertiary/aromatic N) is 2. The number of hydrogen-bond donors (Lipinski definition) is 2. The van der Waals surface area contributed by atoms with Gasteiger partial charge in [-0.15, -0.1) is 0 Å². The molecule has 3 N–H and O–H groups in total. The molecule has 0 bridgehead atoms. The van der Waals surface area contributed by atoms with E-state index in [-0.39, 0.29) is 42.6 Å². The van der Waals surface area contributed by atoms with E-state index in [9.17, 15) is 18.8 Å². The maximum Gasteiger partial charge on any atom is 0.330 e. The van der Waals surface area contributed by atoms with E-state index in [1.54, 1.807) is 25.1 Å². The van der Waals surface area contributed by atoms with Crippen molar-refractivity contribution in [2.45, 2.75) is 46.1 Å². The number of rotatable bonds is 8. The minimum Gasteiger partial charge on any atom is -0.383 e. The lowest BCUT2D eigenvalue weighted by atomic mass is 10.1. The first-order valence-electron chi connectivity index (χ1n) is 9.07. The molecule has 1 aromatic heterocycles. The van der Waals surface area contributed by atoms with Crippen molar-refractivity contribution < 1.29 is 9.18 Å². The summed E-state index contributed by atoms with van der Waals surface area (Å²) in [5, 5.41) is 0. The molecule has 7 nitrogen and oxygen atoms in total. The van der Waals surface area contributed by atoms with Crippen LogP contribution in [0.1, 0.15) is 38.7 Å². The second-order valence-electron chi connectivity index (χ2n) is 6.23. The number of aromatic amines is 1. The first kappa shape index (κ1) is 20.4. The van der Waals surface area contributed by atoms with Crippen LogP contribution in [0.4, 0.5) is 15.9 Å². The number of nitrogens with one attached hydrogen (secondary N) is 1. The van der Waals surface area contributed by atoms with Crippen LogP contribution in [0.25, 0.3) is 0 Å². The predicted octanol–water partition coefficient (Wildman–Crippen LogP) is 2.04. The molecule has 0 aliphatic heterocycles. The summed E-state index contributed by atoms with van der Waals surface area (Å²) < 4.78 is 15.0. The molecule has 0 saturated heterocycles. The van der Waals surface area contributed by atoms with E-state index in [1.807, 2.05) is 6.92 Å². The van der Waals surface area contributed by atoms with Crippen LogP contribution in [0.15, 0.2) is 33.9 Å². The van der Waals surface area contributed by atoms with Gasteiger partial charge < -0.3 is 10.6 Å². The zero-order valence-electron chi connectivity index (χ0n) is 15.6. The van der Waals surface area contributed by atoms with Crippen molar-refractivity contribution in [3.8, 4) is 0 Å². The van der Waals surface area contributed by atoms with Crippen LogP contribution in [0.3, 0.4) is 0 Å². The summed E-state index contributed by atoms with van der Waals surface area (Å²) in [6, 6.07) is 6.24. The Kier molecular flexibility index (Phi) is 6.92. The number of carbonyl (C=O) groups excluding carboxylic acids is 1.